The van der Waals surface area contributed by atoms with Gasteiger partial charge in [-0.15, -0.1) is 0 Å². The number of nitrogens with one attached hydrogen (secondary N) is 1. The Bertz CT molecular complexity index is 712. The van der Waals surface area contributed by atoms with E-state index >= 15 is 0 Å². The van der Waals surface area contributed by atoms with Crippen LogP contribution in [0.15, 0.2) is 24.3 Å². The number of aliphatic hydroxyl groups is 1. The van der Waals surface area contributed by atoms with E-state index in [0.717, 1.165) is 4.90 Å². The molecule has 2 fully saturated rings. The fourth-order valence-electron chi connectivity index (χ4n) is 3.38. The number of carbonyl (C=O) groups excluding carboxylic acids is 2. The number of alkyl halides is 2. The molecule has 0 radical (unpaired) electrons. The number of hydrogen-bond acceptors (Lipinski definition) is 6. The number of benzene rings is 1. The third-order valence-corrected chi connectivity index (χ3v) is 4.90. The van der Waals surface area contributed by atoms with Crippen molar-refractivity contribution in [2.45, 2.75) is 25.2 Å². The van der Waals surface area contributed by atoms with E-state index in [2.05, 4.69) is 10.1 Å². The first-order valence-electron chi connectivity index (χ1n) is 8.97. The molecule has 2 N–H and O–H groups in total. The minimum atomic E-state index is -2.95. The minimum absolute atomic E-state index is 0.0445. The average Bonchev–Trinajstić information content (AvgIpc) is 2.86. The molecule has 0 spiro atoms. The van der Waals surface area contributed by atoms with Crippen LogP contribution >= 0.6 is 0 Å². The lowest BCUT2D eigenvalue weighted by molar-refractivity contribution is -0.132. The van der Waals surface area contributed by atoms with Gasteiger partial charge in [-0.2, -0.15) is 8.78 Å². The summed E-state index contributed by atoms with van der Waals surface area (Å²) in [5.41, 5.74) is -0.920. The van der Waals surface area contributed by atoms with Gasteiger partial charge in [0.1, 0.15) is 11.3 Å². The van der Waals surface area contributed by atoms with Gasteiger partial charge in [0.25, 0.3) is 5.91 Å². The van der Waals surface area contributed by atoms with Crippen LogP contribution in [0.2, 0.25) is 0 Å². The van der Waals surface area contributed by atoms with Crippen molar-refractivity contribution in [3.8, 4) is 5.75 Å². The summed E-state index contributed by atoms with van der Waals surface area (Å²) in [7, 11) is 0. The van der Waals surface area contributed by atoms with E-state index in [-0.39, 0.29) is 12.3 Å². The molecule has 0 aromatic heterocycles. The molecule has 2 aliphatic heterocycles. The minimum Gasteiger partial charge on any atom is -0.435 e. The van der Waals surface area contributed by atoms with E-state index in [1.165, 1.54) is 31.2 Å². The third kappa shape index (κ3) is 4.40. The molecule has 3 rings (SSSR count). The van der Waals surface area contributed by atoms with Gasteiger partial charge in [0.2, 0.25) is 0 Å². The maximum atomic E-state index is 12.9. The van der Waals surface area contributed by atoms with Gasteiger partial charge in [0.05, 0.1) is 25.9 Å². The smallest absolute Gasteiger partial charge is 0.387 e. The van der Waals surface area contributed by atoms with Crippen molar-refractivity contribution in [2.24, 2.45) is 0 Å². The number of nitrogens with zero attached hydrogens (tertiary/aromatic N) is 2. The maximum absolute atomic E-state index is 12.9. The van der Waals surface area contributed by atoms with Crippen LogP contribution in [0, 0.1) is 0 Å². The molecule has 0 bridgehead atoms. The molecule has 0 aliphatic carbocycles. The van der Waals surface area contributed by atoms with Gasteiger partial charge in [0.15, 0.2) is 0 Å². The average molecular weight is 399 g/mol. The molecule has 2 heterocycles. The SMILES string of the molecule is C[C@@]1(c2ccc(OC(F)F)cc2)NC(=O)N(C[C@@H](O)CN2CCOCC2)C1=O. The summed E-state index contributed by atoms with van der Waals surface area (Å²) in [6.07, 6.45) is -0.892. The second kappa shape index (κ2) is 8.38. The van der Waals surface area contributed by atoms with Crippen LogP contribution in [0.25, 0.3) is 0 Å². The number of aliphatic hydroxyl groups excluding tert-OH is 1. The number of carbonyl (C=O) groups is 2. The molecule has 2 saturated heterocycles. The molecule has 1 aromatic carbocycles. The summed E-state index contributed by atoms with van der Waals surface area (Å²) < 4.78 is 34.1. The maximum Gasteiger partial charge on any atom is 0.387 e. The highest BCUT2D eigenvalue weighted by Gasteiger charge is 2.49. The van der Waals surface area contributed by atoms with E-state index in [1.807, 2.05) is 4.90 Å². The Morgan fingerprint density at radius 3 is 2.46 bits per heavy atom. The quantitative estimate of drug-likeness (QED) is 0.658. The summed E-state index contributed by atoms with van der Waals surface area (Å²) in [4.78, 5) is 28.2. The summed E-state index contributed by atoms with van der Waals surface area (Å²) in [5.74, 6) is -0.557. The van der Waals surface area contributed by atoms with Gasteiger partial charge < -0.3 is 19.9 Å². The number of morpholine rings is 1. The summed E-state index contributed by atoms with van der Waals surface area (Å²) >= 11 is 0. The van der Waals surface area contributed by atoms with Gasteiger partial charge in [-0.3, -0.25) is 14.6 Å². The Kier molecular flexibility index (Phi) is 6.11. The first kappa shape index (κ1) is 20.4. The number of urea groups is 1. The van der Waals surface area contributed by atoms with Crippen molar-refractivity contribution in [2.75, 3.05) is 39.4 Å². The Balaban J connectivity index is 1.66. The van der Waals surface area contributed by atoms with Gasteiger partial charge in [0, 0.05) is 19.6 Å². The molecule has 0 saturated carbocycles. The molecule has 2 atom stereocenters. The van der Waals surface area contributed by atoms with Crippen LogP contribution in [-0.4, -0.2) is 79.0 Å². The van der Waals surface area contributed by atoms with E-state index in [0.29, 0.717) is 38.4 Å². The van der Waals surface area contributed by atoms with Gasteiger partial charge in [-0.25, -0.2) is 4.79 Å². The highest BCUT2D eigenvalue weighted by atomic mass is 19.3. The zero-order chi connectivity index (χ0) is 20.3. The third-order valence-electron chi connectivity index (χ3n) is 4.90. The molecule has 10 heteroatoms. The predicted octanol–water partition coefficient (Wildman–Crippen LogP) is 0.748. The van der Waals surface area contributed by atoms with Crippen LogP contribution in [0.5, 0.6) is 5.75 Å². The topological polar surface area (TPSA) is 91.3 Å². The molecular weight excluding hydrogens is 376 g/mol. The standard InChI is InChI=1S/C18H23F2N3O5/c1-18(12-2-4-14(5-3-12)28-16(19)20)15(25)23(17(26)21-18)11-13(24)10-22-6-8-27-9-7-22/h2-5,13,16,24H,6-11H2,1H3,(H,21,26)/t13-,18-/m0/s1. The molecule has 28 heavy (non-hydrogen) atoms. The first-order chi connectivity index (χ1) is 13.3. The van der Waals surface area contributed by atoms with Gasteiger partial charge in [-0.05, 0) is 24.6 Å². The Morgan fingerprint density at radius 1 is 1.21 bits per heavy atom. The Hall–Kier alpha value is -2.30. The second-order valence-electron chi connectivity index (χ2n) is 6.94. The van der Waals surface area contributed by atoms with Crippen LogP contribution in [0.4, 0.5) is 13.6 Å². The van der Waals surface area contributed by atoms with Gasteiger partial charge >= 0.3 is 12.6 Å². The molecule has 0 unspecified atom stereocenters. The number of halogens is 2. The molecule has 2 aliphatic rings. The number of ether oxygens (including phenoxy) is 2. The highest BCUT2D eigenvalue weighted by molar-refractivity contribution is 6.07. The lowest BCUT2D eigenvalue weighted by atomic mass is 9.92. The van der Waals surface area contributed by atoms with Crippen LogP contribution in [0.3, 0.4) is 0 Å². The molecule has 154 valence electrons. The summed E-state index contributed by atoms with van der Waals surface area (Å²) in [5, 5.41) is 12.9. The number of hydrogen-bond donors (Lipinski definition) is 2. The lowest BCUT2D eigenvalue weighted by Crippen LogP contribution is -2.46. The molecule has 8 nitrogen and oxygen atoms in total. The zero-order valence-corrected chi connectivity index (χ0v) is 15.4. The molecule has 3 amide bonds. The fourth-order valence-corrected chi connectivity index (χ4v) is 3.38. The molecule has 1 aromatic rings. The first-order valence-corrected chi connectivity index (χ1v) is 8.97. The predicted molar refractivity (Wildman–Crippen MR) is 93.9 cm³/mol. The van der Waals surface area contributed by atoms with Crippen molar-refractivity contribution in [3.05, 3.63) is 29.8 Å². The van der Waals surface area contributed by atoms with Crippen molar-refractivity contribution in [1.82, 2.24) is 15.1 Å². The number of amides is 3. The van der Waals surface area contributed by atoms with Gasteiger partial charge in [-0.1, -0.05) is 12.1 Å². The Morgan fingerprint density at radius 2 is 1.86 bits per heavy atom. The zero-order valence-electron chi connectivity index (χ0n) is 15.4. The lowest BCUT2D eigenvalue weighted by Gasteiger charge is -2.29. The highest BCUT2D eigenvalue weighted by Crippen LogP contribution is 2.30. The number of β-amino-alcohol motifs (C(OH)–C–C–N with tert-alkyl or cyclic N) is 1. The second-order valence-corrected chi connectivity index (χ2v) is 6.94. The van der Waals surface area contributed by atoms with Crippen LogP contribution < -0.4 is 10.1 Å². The van der Waals surface area contributed by atoms with E-state index < -0.39 is 30.2 Å². The number of rotatable bonds is 7. The largest absolute Gasteiger partial charge is 0.435 e. The summed E-state index contributed by atoms with van der Waals surface area (Å²) in [6, 6.07) is 4.90. The molecular formula is C18H23F2N3O5. The van der Waals surface area contributed by atoms with Crippen molar-refractivity contribution >= 4 is 11.9 Å². The van der Waals surface area contributed by atoms with Crippen molar-refractivity contribution < 1.29 is 33.0 Å². The van der Waals surface area contributed by atoms with E-state index in [9.17, 15) is 23.5 Å². The van der Waals surface area contributed by atoms with Crippen molar-refractivity contribution in [1.29, 1.82) is 0 Å². The normalized spacial score (nSPS) is 24.5. The van der Waals surface area contributed by atoms with E-state index in [1.54, 1.807) is 0 Å². The monoisotopic (exact) mass is 399 g/mol. The van der Waals surface area contributed by atoms with Crippen LogP contribution in [0.1, 0.15) is 12.5 Å². The van der Waals surface area contributed by atoms with Crippen molar-refractivity contribution in [3.63, 3.8) is 0 Å². The Labute approximate surface area is 161 Å². The number of imide groups is 1. The summed E-state index contributed by atoms with van der Waals surface area (Å²) in [6.45, 7) is 1.31. The van der Waals surface area contributed by atoms with Crippen LogP contribution in [-0.2, 0) is 15.1 Å². The van der Waals surface area contributed by atoms with E-state index in [4.69, 9.17) is 4.74 Å². The fraction of sp³-hybridized carbons (Fsp3) is 0.556.